The lowest BCUT2D eigenvalue weighted by Gasteiger charge is -2.21. The van der Waals surface area contributed by atoms with Crippen molar-refractivity contribution in [3.63, 3.8) is 0 Å². The van der Waals surface area contributed by atoms with Crippen molar-refractivity contribution < 1.29 is 14.6 Å². The first kappa shape index (κ1) is 16.8. The number of fused-ring (bicyclic) bond motifs is 1. The summed E-state index contributed by atoms with van der Waals surface area (Å²) in [4.78, 5) is 8.67. The average molecular weight is 350 g/mol. The van der Waals surface area contributed by atoms with Gasteiger partial charge in [0.05, 0.1) is 11.1 Å². The van der Waals surface area contributed by atoms with Crippen molar-refractivity contribution in [1.82, 2.24) is 9.97 Å². The van der Waals surface area contributed by atoms with Crippen molar-refractivity contribution in [3.8, 4) is 11.5 Å². The normalized spacial score (nSPS) is 14.3. The smallest absolute Gasteiger partial charge is 0.179 e. The molecule has 1 aliphatic rings. The van der Waals surface area contributed by atoms with Crippen molar-refractivity contribution >= 4 is 17.4 Å². The van der Waals surface area contributed by atoms with E-state index in [-0.39, 0.29) is 0 Å². The van der Waals surface area contributed by atoms with Crippen molar-refractivity contribution in [2.45, 2.75) is 26.4 Å². The Kier molecular flexibility index (Phi) is 5.06. The lowest BCUT2D eigenvalue weighted by Crippen LogP contribution is -2.17. The molecule has 0 spiro atoms. The number of ether oxygens (including phenoxy) is 2. The Morgan fingerprint density at radius 2 is 2.04 bits per heavy atom. The second-order valence-corrected chi connectivity index (χ2v) is 5.98. The Morgan fingerprint density at radius 3 is 2.83 bits per heavy atom. The molecule has 0 saturated heterocycles. The van der Waals surface area contributed by atoms with Gasteiger partial charge in [-0.1, -0.05) is 18.5 Å². The molecule has 0 bridgehead atoms. The molecule has 24 heavy (non-hydrogen) atoms. The van der Waals surface area contributed by atoms with Crippen molar-refractivity contribution in [3.05, 3.63) is 40.3 Å². The Labute approximate surface area is 145 Å². The molecule has 0 radical (unpaired) electrons. The topological polar surface area (TPSA) is 76.5 Å². The lowest BCUT2D eigenvalue weighted by molar-refractivity contribution is 0.167. The maximum Gasteiger partial charge on any atom is 0.179 e. The predicted octanol–water partition coefficient (Wildman–Crippen LogP) is 2.92. The summed E-state index contributed by atoms with van der Waals surface area (Å²) in [6, 6.07) is 5.34. The molecule has 0 amide bonds. The number of aliphatic hydroxyl groups is 1. The minimum absolute atomic E-state index is 0.301. The number of hydrogen-bond donors (Lipinski definition) is 2. The van der Waals surface area contributed by atoms with E-state index < -0.39 is 6.10 Å². The van der Waals surface area contributed by atoms with Crippen LogP contribution in [0.15, 0.2) is 18.2 Å². The highest BCUT2D eigenvalue weighted by Crippen LogP contribution is 2.39. The van der Waals surface area contributed by atoms with E-state index in [9.17, 15) is 5.11 Å². The highest BCUT2D eigenvalue weighted by molar-refractivity contribution is 6.32. The van der Waals surface area contributed by atoms with Gasteiger partial charge in [0.25, 0.3) is 0 Å². The van der Waals surface area contributed by atoms with Crippen molar-refractivity contribution in [1.29, 1.82) is 0 Å². The maximum atomic E-state index is 10.4. The molecule has 0 saturated carbocycles. The Bertz CT molecular complexity index is 739. The Hall–Kier alpha value is -2.05. The molecule has 2 N–H and O–H groups in total. The van der Waals surface area contributed by atoms with Crippen molar-refractivity contribution in [2.75, 3.05) is 25.1 Å². The molecular formula is C17H20ClN3O3. The number of nitrogens with zero attached hydrogens (tertiary/aromatic N) is 2. The summed E-state index contributed by atoms with van der Waals surface area (Å²) < 4.78 is 11.0. The van der Waals surface area contributed by atoms with Gasteiger partial charge >= 0.3 is 0 Å². The zero-order chi connectivity index (χ0) is 17.1. The second-order valence-electron chi connectivity index (χ2n) is 5.57. The lowest BCUT2D eigenvalue weighted by atomic mass is 10.1. The second kappa shape index (κ2) is 7.23. The quantitative estimate of drug-likeness (QED) is 0.864. The van der Waals surface area contributed by atoms with Gasteiger partial charge in [-0.2, -0.15) is 0 Å². The van der Waals surface area contributed by atoms with Crippen LogP contribution in [-0.2, 0) is 6.42 Å². The molecule has 1 atom stereocenters. The summed E-state index contributed by atoms with van der Waals surface area (Å²) in [5.74, 6) is 2.50. The number of benzene rings is 1. The molecule has 3 rings (SSSR count). The SMILES string of the molecule is CCc1cc(NCC(O)c2cc(Cl)c3c(c2)OCCO3)nc(C)n1. The molecule has 1 aromatic carbocycles. The average Bonchev–Trinajstić information content (AvgIpc) is 2.59. The minimum Gasteiger partial charge on any atom is -0.486 e. The Balaban J connectivity index is 1.72. The van der Waals surface area contributed by atoms with Gasteiger partial charge in [0.1, 0.15) is 24.9 Å². The van der Waals surface area contributed by atoms with Gasteiger partial charge in [0.2, 0.25) is 0 Å². The number of halogens is 1. The third kappa shape index (κ3) is 3.71. The first-order chi connectivity index (χ1) is 11.6. The molecule has 6 nitrogen and oxygen atoms in total. The van der Waals surface area contributed by atoms with E-state index in [0.717, 1.165) is 12.1 Å². The molecule has 0 aliphatic carbocycles. The molecule has 0 fully saturated rings. The molecule has 2 aromatic rings. The fourth-order valence-corrected chi connectivity index (χ4v) is 2.82. The molecular weight excluding hydrogens is 330 g/mol. The van der Waals surface area contributed by atoms with Crippen LogP contribution in [0.5, 0.6) is 11.5 Å². The summed E-state index contributed by atoms with van der Waals surface area (Å²) in [7, 11) is 0. The number of hydrogen-bond acceptors (Lipinski definition) is 6. The fraction of sp³-hybridized carbons (Fsp3) is 0.412. The maximum absolute atomic E-state index is 10.4. The number of nitrogens with one attached hydrogen (secondary N) is 1. The number of aliphatic hydroxyl groups excluding tert-OH is 1. The molecule has 1 aliphatic heterocycles. The largest absolute Gasteiger partial charge is 0.486 e. The monoisotopic (exact) mass is 349 g/mol. The third-order valence-corrected chi connectivity index (χ3v) is 4.01. The van der Waals surface area contributed by atoms with Gasteiger partial charge in [-0.15, -0.1) is 0 Å². The van der Waals surface area contributed by atoms with E-state index >= 15 is 0 Å². The van der Waals surface area contributed by atoms with E-state index in [1.165, 1.54) is 0 Å². The molecule has 2 heterocycles. The van der Waals surface area contributed by atoms with Gasteiger partial charge in [0.15, 0.2) is 11.5 Å². The van der Waals surface area contributed by atoms with Crippen LogP contribution in [0.1, 0.15) is 30.1 Å². The van der Waals surface area contributed by atoms with Gasteiger partial charge < -0.3 is 19.9 Å². The van der Waals surface area contributed by atoms with Gasteiger partial charge in [-0.05, 0) is 31.0 Å². The minimum atomic E-state index is -0.751. The molecule has 7 heteroatoms. The van der Waals surface area contributed by atoms with Crippen LogP contribution in [0.3, 0.4) is 0 Å². The van der Waals surface area contributed by atoms with E-state index in [1.54, 1.807) is 12.1 Å². The van der Waals surface area contributed by atoms with E-state index in [4.69, 9.17) is 21.1 Å². The summed E-state index contributed by atoms with van der Waals surface area (Å²) >= 11 is 6.21. The van der Waals surface area contributed by atoms with Crippen molar-refractivity contribution in [2.24, 2.45) is 0 Å². The van der Waals surface area contributed by atoms with Crippen LogP contribution < -0.4 is 14.8 Å². The number of rotatable bonds is 5. The summed E-state index contributed by atoms with van der Waals surface area (Å²) in [6.45, 7) is 5.14. The zero-order valence-corrected chi connectivity index (χ0v) is 14.4. The molecule has 1 unspecified atom stereocenters. The third-order valence-electron chi connectivity index (χ3n) is 3.73. The summed E-state index contributed by atoms with van der Waals surface area (Å²) in [5.41, 5.74) is 1.63. The van der Waals surface area contributed by atoms with Crippen LogP contribution in [-0.4, -0.2) is 34.8 Å². The van der Waals surface area contributed by atoms with Gasteiger partial charge in [-0.3, -0.25) is 0 Å². The standard InChI is InChI=1S/C17H20ClN3O3/c1-3-12-8-16(21-10(2)20-12)19-9-14(22)11-6-13(18)17-15(7-11)23-4-5-24-17/h6-8,14,22H,3-5,9H2,1-2H3,(H,19,20,21). The van der Waals surface area contributed by atoms with E-state index in [2.05, 4.69) is 15.3 Å². The van der Waals surface area contributed by atoms with Gasteiger partial charge in [-0.25, -0.2) is 9.97 Å². The number of anilines is 1. The first-order valence-corrected chi connectivity index (χ1v) is 8.30. The van der Waals surface area contributed by atoms with E-state index in [0.29, 0.717) is 53.5 Å². The van der Waals surface area contributed by atoms with E-state index in [1.807, 2.05) is 19.9 Å². The van der Waals surface area contributed by atoms with Crippen LogP contribution in [0.25, 0.3) is 0 Å². The predicted molar refractivity (Wildman–Crippen MR) is 92.0 cm³/mol. The van der Waals surface area contributed by atoms with Crippen LogP contribution >= 0.6 is 11.6 Å². The molecule has 128 valence electrons. The summed E-state index contributed by atoms with van der Waals surface area (Å²) in [5, 5.41) is 14.0. The van der Waals surface area contributed by atoms with Gasteiger partial charge in [0, 0.05) is 18.3 Å². The zero-order valence-electron chi connectivity index (χ0n) is 13.7. The highest BCUT2D eigenvalue weighted by atomic mass is 35.5. The summed E-state index contributed by atoms with van der Waals surface area (Å²) in [6.07, 6.45) is 0.0805. The number of aryl methyl sites for hydroxylation is 2. The molecule has 1 aromatic heterocycles. The van der Waals surface area contributed by atoms with Crippen LogP contribution in [0.4, 0.5) is 5.82 Å². The Morgan fingerprint density at radius 1 is 1.25 bits per heavy atom. The highest BCUT2D eigenvalue weighted by Gasteiger charge is 2.19. The van der Waals surface area contributed by atoms with Crippen LogP contribution in [0.2, 0.25) is 5.02 Å². The fourth-order valence-electron chi connectivity index (χ4n) is 2.54. The first-order valence-electron chi connectivity index (χ1n) is 7.92. The van der Waals surface area contributed by atoms with Crippen LogP contribution in [0, 0.1) is 6.92 Å². The number of aromatic nitrogens is 2.